The van der Waals surface area contributed by atoms with Crippen LogP contribution in [0.5, 0.6) is 5.88 Å². The summed E-state index contributed by atoms with van der Waals surface area (Å²) in [6.45, 7) is 6.55. The van der Waals surface area contributed by atoms with Crippen LogP contribution in [-0.4, -0.2) is 21.1 Å². The summed E-state index contributed by atoms with van der Waals surface area (Å²) in [4.78, 5) is 13.8. The summed E-state index contributed by atoms with van der Waals surface area (Å²) in [5.41, 5.74) is 2.69. The van der Waals surface area contributed by atoms with Gasteiger partial charge < -0.3 is 10.1 Å². The monoisotopic (exact) mass is 264 g/mol. The van der Waals surface area contributed by atoms with Crippen LogP contribution in [0.25, 0.3) is 0 Å². The van der Waals surface area contributed by atoms with E-state index >= 15 is 0 Å². The van der Waals surface area contributed by atoms with Gasteiger partial charge >= 0.3 is 0 Å². The molecule has 0 spiro atoms. The maximum atomic E-state index is 5.57. The lowest BCUT2D eigenvalue weighted by Crippen LogP contribution is -2.10. The third kappa shape index (κ3) is 3.66. The van der Waals surface area contributed by atoms with Crippen molar-refractivity contribution in [3.63, 3.8) is 0 Å². The fourth-order valence-electron chi connectivity index (χ4n) is 1.42. The molecule has 0 bridgehead atoms. The minimum Gasteiger partial charge on any atom is -0.475 e. The van der Waals surface area contributed by atoms with Gasteiger partial charge in [-0.3, -0.25) is 4.98 Å². The summed E-state index contributed by atoms with van der Waals surface area (Å²) < 4.78 is 5.57. The summed E-state index contributed by atoms with van der Waals surface area (Å²) >= 11 is 1.60. The van der Waals surface area contributed by atoms with E-state index in [2.05, 4.69) is 20.3 Å². The van der Waals surface area contributed by atoms with E-state index in [1.54, 1.807) is 16.8 Å². The average Bonchev–Trinajstić information content (AvgIpc) is 2.77. The Hall–Kier alpha value is -1.69. The Bertz CT molecular complexity index is 499. The zero-order valence-corrected chi connectivity index (χ0v) is 11.5. The maximum absolute atomic E-state index is 5.57. The van der Waals surface area contributed by atoms with Crippen molar-refractivity contribution in [3.05, 3.63) is 28.3 Å². The fraction of sp³-hybridized carbons (Fsp3) is 0.417. The molecule has 0 aliphatic rings. The fourth-order valence-corrected chi connectivity index (χ4v) is 1.95. The van der Waals surface area contributed by atoms with Crippen molar-refractivity contribution in [1.29, 1.82) is 0 Å². The smallest absolute Gasteiger partial charge is 0.226 e. The van der Waals surface area contributed by atoms with E-state index < -0.39 is 0 Å². The van der Waals surface area contributed by atoms with E-state index in [1.165, 1.54) is 0 Å². The average molecular weight is 264 g/mol. The lowest BCUT2D eigenvalue weighted by atomic mass is 10.4. The van der Waals surface area contributed by atoms with Gasteiger partial charge in [0.1, 0.15) is 0 Å². The number of hydrogen-bond donors (Lipinski definition) is 1. The van der Waals surface area contributed by atoms with Crippen molar-refractivity contribution in [2.45, 2.75) is 33.4 Å². The molecule has 0 aromatic carbocycles. The number of nitrogens with one attached hydrogen (secondary N) is 1. The van der Waals surface area contributed by atoms with E-state index in [9.17, 15) is 0 Å². The molecule has 0 saturated carbocycles. The minimum atomic E-state index is 0.105. The Balaban J connectivity index is 2.05. The van der Waals surface area contributed by atoms with E-state index in [1.807, 2.05) is 33.0 Å². The highest BCUT2D eigenvalue weighted by atomic mass is 32.1. The van der Waals surface area contributed by atoms with Crippen LogP contribution in [0.3, 0.4) is 0 Å². The third-order valence-electron chi connectivity index (χ3n) is 2.09. The molecule has 6 heteroatoms. The third-order valence-corrected chi connectivity index (χ3v) is 2.87. The largest absolute Gasteiger partial charge is 0.475 e. The molecule has 2 aromatic rings. The summed E-state index contributed by atoms with van der Waals surface area (Å²) in [5.74, 6) is 1.18. The van der Waals surface area contributed by atoms with Crippen LogP contribution in [0, 0.1) is 6.92 Å². The molecule has 0 aliphatic carbocycles. The second-order valence-electron chi connectivity index (χ2n) is 4.16. The van der Waals surface area contributed by atoms with Gasteiger partial charge in [0.25, 0.3) is 0 Å². The van der Waals surface area contributed by atoms with Crippen molar-refractivity contribution in [2.24, 2.45) is 0 Å². The van der Waals surface area contributed by atoms with E-state index in [0.29, 0.717) is 18.4 Å². The van der Waals surface area contributed by atoms with Crippen LogP contribution < -0.4 is 10.1 Å². The number of ether oxygens (including phenoxy) is 1. The molecule has 0 aliphatic heterocycles. The molecule has 1 N–H and O–H groups in total. The number of aryl methyl sites for hydroxylation is 1. The Morgan fingerprint density at radius 2 is 2.22 bits per heavy atom. The molecular formula is C12H16N4OS. The predicted octanol–water partition coefficient (Wildman–Crippen LogP) is 2.64. The van der Waals surface area contributed by atoms with Crippen LogP contribution in [0.2, 0.25) is 0 Å². The second-order valence-corrected chi connectivity index (χ2v) is 5.13. The summed E-state index contributed by atoms with van der Waals surface area (Å²) in [6, 6.07) is 1.83. The molecule has 5 nitrogen and oxygen atoms in total. The molecule has 96 valence electrons. The van der Waals surface area contributed by atoms with E-state index in [0.717, 1.165) is 10.6 Å². The van der Waals surface area contributed by atoms with Gasteiger partial charge in [-0.1, -0.05) is 0 Å². The first-order chi connectivity index (χ1) is 8.63. The highest BCUT2D eigenvalue weighted by Gasteiger charge is 2.05. The molecule has 18 heavy (non-hydrogen) atoms. The van der Waals surface area contributed by atoms with Gasteiger partial charge in [-0.15, -0.1) is 11.3 Å². The number of hydrogen-bond acceptors (Lipinski definition) is 6. The number of thiazole rings is 1. The lowest BCUT2D eigenvalue weighted by Gasteiger charge is -2.11. The Morgan fingerprint density at radius 3 is 2.89 bits per heavy atom. The summed E-state index contributed by atoms with van der Waals surface area (Å²) in [6.07, 6.45) is 1.94. The van der Waals surface area contributed by atoms with E-state index in [-0.39, 0.29) is 6.10 Å². The quantitative estimate of drug-likeness (QED) is 0.899. The van der Waals surface area contributed by atoms with Crippen molar-refractivity contribution < 1.29 is 4.74 Å². The van der Waals surface area contributed by atoms with Crippen LogP contribution in [0.4, 0.5) is 5.95 Å². The number of anilines is 1. The zero-order valence-electron chi connectivity index (χ0n) is 10.7. The van der Waals surface area contributed by atoms with Crippen LogP contribution in [-0.2, 0) is 6.54 Å². The number of nitrogens with zero attached hydrogens (tertiary/aromatic N) is 3. The van der Waals surface area contributed by atoms with Crippen molar-refractivity contribution in [2.75, 3.05) is 5.32 Å². The lowest BCUT2D eigenvalue weighted by molar-refractivity contribution is 0.232. The number of rotatable bonds is 5. The highest BCUT2D eigenvalue weighted by molar-refractivity contribution is 7.09. The molecule has 2 heterocycles. The SMILES string of the molecule is Cc1cc(OC(C)C)nc(NCc2cncs2)n1. The van der Waals surface area contributed by atoms with Crippen LogP contribution >= 0.6 is 11.3 Å². The molecule has 0 unspecified atom stereocenters. The summed E-state index contributed by atoms with van der Waals surface area (Å²) in [5, 5.41) is 3.17. The molecule has 0 atom stereocenters. The van der Waals surface area contributed by atoms with Gasteiger partial charge in [0.2, 0.25) is 11.8 Å². The van der Waals surface area contributed by atoms with Crippen molar-refractivity contribution in [3.8, 4) is 5.88 Å². The maximum Gasteiger partial charge on any atom is 0.226 e. The van der Waals surface area contributed by atoms with Crippen LogP contribution in [0.15, 0.2) is 17.8 Å². The van der Waals surface area contributed by atoms with E-state index in [4.69, 9.17) is 4.74 Å². The van der Waals surface area contributed by atoms with Gasteiger partial charge in [-0.05, 0) is 20.8 Å². The Labute approximate surface area is 110 Å². The zero-order chi connectivity index (χ0) is 13.0. The van der Waals surface area contributed by atoms with Gasteiger partial charge in [0, 0.05) is 22.8 Å². The first-order valence-electron chi connectivity index (χ1n) is 5.77. The van der Waals surface area contributed by atoms with Gasteiger partial charge in [0.05, 0.1) is 18.2 Å². The summed E-state index contributed by atoms with van der Waals surface area (Å²) in [7, 11) is 0. The molecule has 0 amide bonds. The highest BCUT2D eigenvalue weighted by Crippen LogP contribution is 2.14. The molecule has 0 saturated heterocycles. The predicted molar refractivity (Wildman–Crippen MR) is 72.0 cm³/mol. The van der Waals surface area contributed by atoms with Gasteiger partial charge in [-0.25, -0.2) is 4.98 Å². The van der Waals surface area contributed by atoms with Gasteiger partial charge in [0.15, 0.2) is 0 Å². The normalized spacial score (nSPS) is 10.7. The van der Waals surface area contributed by atoms with Crippen molar-refractivity contribution >= 4 is 17.3 Å². The van der Waals surface area contributed by atoms with Crippen molar-refractivity contribution in [1.82, 2.24) is 15.0 Å². The van der Waals surface area contributed by atoms with Crippen LogP contribution in [0.1, 0.15) is 24.4 Å². The standard InChI is InChI=1S/C12H16N4OS/c1-8(2)17-11-4-9(3)15-12(16-11)14-6-10-5-13-7-18-10/h4-5,7-8H,6H2,1-3H3,(H,14,15,16). The number of aromatic nitrogens is 3. The topological polar surface area (TPSA) is 59.9 Å². The molecule has 2 rings (SSSR count). The van der Waals surface area contributed by atoms with Gasteiger partial charge in [-0.2, -0.15) is 4.98 Å². The Morgan fingerprint density at radius 1 is 1.39 bits per heavy atom. The molecular weight excluding hydrogens is 248 g/mol. The molecule has 0 fully saturated rings. The second kappa shape index (κ2) is 5.77. The Kier molecular flexibility index (Phi) is 4.09. The molecule has 2 aromatic heterocycles. The minimum absolute atomic E-state index is 0.105. The first kappa shape index (κ1) is 12.8. The first-order valence-corrected chi connectivity index (χ1v) is 6.65. The molecule has 0 radical (unpaired) electrons.